The molecule has 0 aliphatic heterocycles. The van der Waals surface area contributed by atoms with E-state index in [-0.39, 0.29) is 40.9 Å². The number of ether oxygens (including phenoxy) is 1. The molecule has 1 aromatic heterocycles. The standard InChI is InChI=1S/C16H24ClN3O3/c1-10(2)23-14-12(17)7-11(8-18-14)15(22)20(6)9-13(21)19-16(3,4)5/h7-8,10H,9H2,1-6H3,(H,19,21). The van der Waals surface area contributed by atoms with Gasteiger partial charge in [-0.2, -0.15) is 0 Å². The van der Waals surface area contributed by atoms with E-state index in [0.717, 1.165) is 0 Å². The first-order valence-corrected chi connectivity index (χ1v) is 7.76. The highest BCUT2D eigenvalue weighted by atomic mass is 35.5. The van der Waals surface area contributed by atoms with Crippen LogP contribution in [0.25, 0.3) is 0 Å². The second-order valence-electron chi connectivity index (χ2n) is 6.64. The highest BCUT2D eigenvalue weighted by molar-refractivity contribution is 6.32. The number of aromatic nitrogens is 1. The molecule has 0 fully saturated rings. The second kappa shape index (κ2) is 7.64. The van der Waals surface area contributed by atoms with Crippen molar-refractivity contribution < 1.29 is 14.3 Å². The molecule has 23 heavy (non-hydrogen) atoms. The van der Waals surface area contributed by atoms with Crippen LogP contribution in [-0.4, -0.2) is 46.9 Å². The number of halogens is 1. The van der Waals surface area contributed by atoms with Crippen LogP contribution in [0.3, 0.4) is 0 Å². The van der Waals surface area contributed by atoms with Gasteiger partial charge in [0.1, 0.15) is 5.02 Å². The maximum atomic E-state index is 12.3. The maximum Gasteiger partial charge on any atom is 0.255 e. The van der Waals surface area contributed by atoms with Gasteiger partial charge in [0.05, 0.1) is 18.2 Å². The van der Waals surface area contributed by atoms with Gasteiger partial charge in [0.15, 0.2) is 0 Å². The molecule has 0 atom stereocenters. The minimum absolute atomic E-state index is 0.0437. The zero-order chi connectivity index (χ0) is 17.8. The van der Waals surface area contributed by atoms with Crippen molar-refractivity contribution in [1.82, 2.24) is 15.2 Å². The third-order valence-corrected chi connectivity index (χ3v) is 2.91. The molecule has 0 aromatic carbocycles. The van der Waals surface area contributed by atoms with Crippen molar-refractivity contribution >= 4 is 23.4 Å². The molecule has 0 aliphatic rings. The van der Waals surface area contributed by atoms with E-state index in [1.54, 1.807) is 7.05 Å². The van der Waals surface area contributed by atoms with Crippen molar-refractivity contribution in [1.29, 1.82) is 0 Å². The van der Waals surface area contributed by atoms with Gasteiger partial charge in [0, 0.05) is 18.8 Å². The highest BCUT2D eigenvalue weighted by Gasteiger charge is 2.20. The Balaban J connectivity index is 2.77. The van der Waals surface area contributed by atoms with Crippen molar-refractivity contribution in [3.63, 3.8) is 0 Å². The Labute approximate surface area is 142 Å². The van der Waals surface area contributed by atoms with Gasteiger partial charge in [0.25, 0.3) is 5.91 Å². The summed E-state index contributed by atoms with van der Waals surface area (Å²) in [5, 5.41) is 3.07. The van der Waals surface area contributed by atoms with Gasteiger partial charge < -0.3 is 15.0 Å². The summed E-state index contributed by atoms with van der Waals surface area (Å²) in [6.07, 6.45) is 1.33. The van der Waals surface area contributed by atoms with Gasteiger partial charge in [-0.25, -0.2) is 4.98 Å². The Kier molecular flexibility index (Phi) is 6.38. The van der Waals surface area contributed by atoms with Crippen LogP contribution in [0.5, 0.6) is 5.88 Å². The largest absolute Gasteiger partial charge is 0.474 e. The molecule has 2 amide bonds. The molecule has 1 rings (SSSR count). The van der Waals surface area contributed by atoms with Gasteiger partial charge in [0.2, 0.25) is 11.8 Å². The second-order valence-corrected chi connectivity index (χ2v) is 7.04. The number of carbonyl (C=O) groups is 2. The number of nitrogens with one attached hydrogen (secondary N) is 1. The number of nitrogens with zero attached hydrogens (tertiary/aromatic N) is 2. The van der Waals surface area contributed by atoms with Crippen molar-refractivity contribution in [2.45, 2.75) is 46.3 Å². The van der Waals surface area contributed by atoms with E-state index in [2.05, 4.69) is 10.3 Å². The first kappa shape index (κ1) is 19.2. The monoisotopic (exact) mass is 341 g/mol. The summed E-state index contributed by atoms with van der Waals surface area (Å²) < 4.78 is 5.43. The molecule has 128 valence electrons. The molecule has 0 unspecified atom stereocenters. The Morgan fingerprint density at radius 2 is 2.00 bits per heavy atom. The first-order chi connectivity index (χ1) is 10.5. The third kappa shape index (κ3) is 6.44. The van der Waals surface area contributed by atoms with E-state index in [1.165, 1.54) is 17.2 Å². The predicted octanol–water partition coefficient (Wildman–Crippen LogP) is 2.51. The minimum atomic E-state index is -0.346. The number of rotatable bonds is 5. The van der Waals surface area contributed by atoms with Gasteiger partial charge in [-0.3, -0.25) is 9.59 Å². The van der Waals surface area contributed by atoms with Crippen LogP contribution in [0.1, 0.15) is 45.0 Å². The fourth-order valence-electron chi connectivity index (χ4n) is 1.82. The zero-order valence-corrected chi connectivity index (χ0v) is 15.2. The van der Waals surface area contributed by atoms with E-state index in [0.29, 0.717) is 5.56 Å². The average Bonchev–Trinajstić information content (AvgIpc) is 2.37. The van der Waals surface area contributed by atoms with Crippen LogP contribution in [0, 0.1) is 0 Å². The van der Waals surface area contributed by atoms with E-state index in [1.807, 2.05) is 34.6 Å². The molecule has 6 nitrogen and oxygen atoms in total. The minimum Gasteiger partial charge on any atom is -0.474 e. The molecule has 0 bridgehead atoms. The van der Waals surface area contributed by atoms with Crippen molar-refractivity contribution in [3.05, 3.63) is 22.8 Å². The van der Waals surface area contributed by atoms with E-state index in [4.69, 9.17) is 16.3 Å². The summed E-state index contributed by atoms with van der Waals surface area (Å²) in [5.74, 6) is -0.280. The molecule has 0 spiro atoms. The molecular formula is C16H24ClN3O3. The lowest BCUT2D eigenvalue weighted by Gasteiger charge is -2.23. The highest BCUT2D eigenvalue weighted by Crippen LogP contribution is 2.23. The van der Waals surface area contributed by atoms with Gasteiger partial charge >= 0.3 is 0 Å². The molecule has 1 heterocycles. The van der Waals surface area contributed by atoms with Crippen molar-refractivity contribution in [2.75, 3.05) is 13.6 Å². The fraction of sp³-hybridized carbons (Fsp3) is 0.562. The van der Waals surface area contributed by atoms with Crippen LogP contribution in [0.4, 0.5) is 0 Å². The summed E-state index contributed by atoms with van der Waals surface area (Å²) in [7, 11) is 1.55. The Morgan fingerprint density at radius 3 is 2.48 bits per heavy atom. The maximum absolute atomic E-state index is 12.3. The van der Waals surface area contributed by atoms with Gasteiger partial charge in [-0.15, -0.1) is 0 Å². The topological polar surface area (TPSA) is 71.5 Å². The Hall–Kier alpha value is -1.82. The van der Waals surface area contributed by atoms with Crippen LogP contribution in [0.2, 0.25) is 5.02 Å². The lowest BCUT2D eigenvalue weighted by molar-refractivity contribution is -0.122. The van der Waals surface area contributed by atoms with Gasteiger partial charge in [-0.05, 0) is 40.7 Å². The van der Waals surface area contributed by atoms with Crippen molar-refractivity contribution in [2.24, 2.45) is 0 Å². The molecule has 7 heteroatoms. The predicted molar refractivity (Wildman–Crippen MR) is 89.9 cm³/mol. The van der Waals surface area contributed by atoms with Crippen molar-refractivity contribution in [3.8, 4) is 5.88 Å². The number of hydrogen-bond donors (Lipinski definition) is 1. The summed E-state index contributed by atoms with van der Waals surface area (Å²) in [4.78, 5) is 29.6. The number of carbonyl (C=O) groups excluding carboxylic acids is 2. The van der Waals surface area contributed by atoms with E-state index in [9.17, 15) is 9.59 Å². The molecule has 1 aromatic rings. The Morgan fingerprint density at radius 1 is 1.39 bits per heavy atom. The quantitative estimate of drug-likeness (QED) is 0.893. The van der Waals surface area contributed by atoms with Crippen LogP contribution >= 0.6 is 11.6 Å². The lowest BCUT2D eigenvalue weighted by atomic mass is 10.1. The van der Waals surface area contributed by atoms with E-state index < -0.39 is 0 Å². The number of amides is 2. The fourth-order valence-corrected chi connectivity index (χ4v) is 2.03. The first-order valence-electron chi connectivity index (χ1n) is 7.38. The average molecular weight is 342 g/mol. The van der Waals surface area contributed by atoms with Gasteiger partial charge in [-0.1, -0.05) is 11.6 Å². The lowest BCUT2D eigenvalue weighted by Crippen LogP contribution is -2.46. The molecule has 0 saturated carbocycles. The number of hydrogen-bond acceptors (Lipinski definition) is 4. The summed E-state index contributed by atoms with van der Waals surface area (Å²) >= 11 is 6.08. The summed E-state index contributed by atoms with van der Waals surface area (Å²) in [5.41, 5.74) is -0.0426. The zero-order valence-electron chi connectivity index (χ0n) is 14.4. The molecular weight excluding hydrogens is 318 g/mol. The SMILES string of the molecule is CC(C)Oc1ncc(C(=O)N(C)CC(=O)NC(C)(C)C)cc1Cl. The summed E-state index contributed by atoms with van der Waals surface area (Å²) in [6.45, 7) is 9.31. The molecule has 0 saturated heterocycles. The summed E-state index contributed by atoms with van der Waals surface area (Å²) in [6, 6.07) is 1.49. The molecule has 0 radical (unpaired) electrons. The van der Waals surface area contributed by atoms with Crippen LogP contribution < -0.4 is 10.1 Å². The van der Waals surface area contributed by atoms with Crippen LogP contribution in [0.15, 0.2) is 12.3 Å². The third-order valence-electron chi connectivity index (χ3n) is 2.64. The van der Waals surface area contributed by atoms with E-state index >= 15 is 0 Å². The molecule has 0 aliphatic carbocycles. The number of pyridine rings is 1. The smallest absolute Gasteiger partial charge is 0.255 e. The normalized spacial score (nSPS) is 11.3. The van der Waals surface area contributed by atoms with Crippen LogP contribution in [-0.2, 0) is 4.79 Å². The number of likely N-dealkylation sites (N-methyl/N-ethyl adjacent to an activating group) is 1. The molecule has 1 N–H and O–H groups in total. The Bertz CT molecular complexity index is 582.